The molecular weight excluding hydrogens is 701 g/mol. The van der Waals surface area contributed by atoms with Gasteiger partial charge < -0.3 is 13.4 Å². The van der Waals surface area contributed by atoms with E-state index in [1.54, 1.807) is 0 Å². The summed E-state index contributed by atoms with van der Waals surface area (Å²) in [4.78, 5) is 15.3. The second-order valence-corrected chi connectivity index (χ2v) is 14.4. The number of benzene rings is 8. The molecule has 0 aliphatic heterocycles. The van der Waals surface area contributed by atoms with Gasteiger partial charge >= 0.3 is 0 Å². The van der Waals surface area contributed by atoms with Gasteiger partial charge in [0.2, 0.25) is 0 Å². The van der Waals surface area contributed by atoms with E-state index < -0.39 is 0 Å². The smallest absolute Gasteiger partial charge is 0.164 e. The number of fused-ring (bicyclic) bond motifs is 9. The Balaban J connectivity index is 1.000. The van der Waals surface area contributed by atoms with E-state index in [2.05, 4.69) is 150 Å². The molecule has 0 N–H and O–H groups in total. The molecule has 0 aliphatic rings. The summed E-state index contributed by atoms with van der Waals surface area (Å²) < 4.78 is 15.1. The molecule has 0 aliphatic carbocycles. The monoisotopic (exact) mass is 730 g/mol. The van der Waals surface area contributed by atoms with Crippen LogP contribution in [0.2, 0.25) is 0 Å². The van der Waals surface area contributed by atoms with Gasteiger partial charge in [0.15, 0.2) is 17.5 Å². The molecule has 4 aromatic heterocycles. The summed E-state index contributed by atoms with van der Waals surface area (Å²) in [5, 5.41) is 6.69. The maximum Gasteiger partial charge on any atom is 0.164 e. The zero-order valence-corrected chi connectivity index (χ0v) is 30.4. The second kappa shape index (κ2) is 12.3. The van der Waals surface area contributed by atoms with Crippen molar-refractivity contribution in [2.45, 2.75) is 0 Å². The van der Waals surface area contributed by atoms with Crippen molar-refractivity contribution < 1.29 is 8.83 Å². The van der Waals surface area contributed by atoms with Crippen molar-refractivity contribution in [3.05, 3.63) is 182 Å². The molecule has 0 spiro atoms. The Kier molecular flexibility index (Phi) is 6.83. The zero-order chi connectivity index (χ0) is 37.5. The van der Waals surface area contributed by atoms with Gasteiger partial charge in [-0.05, 0) is 90.0 Å². The fourth-order valence-corrected chi connectivity index (χ4v) is 8.31. The Labute approximate surface area is 325 Å². The maximum atomic E-state index is 6.51. The van der Waals surface area contributed by atoms with E-state index >= 15 is 0 Å². The molecule has 12 aromatic rings. The molecule has 0 saturated carbocycles. The van der Waals surface area contributed by atoms with Crippen LogP contribution in [0.15, 0.2) is 191 Å². The van der Waals surface area contributed by atoms with Gasteiger partial charge in [-0.3, -0.25) is 0 Å². The van der Waals surface area contributed by atoms with E-state index in [0.29, 0.717) is 17.5 Å². The van der Waals surface area contributed by atoms with Crippen molar-refractivity contribution >= 4 is 65.7 Å². The predicted molar refractivity (Wildman–Crippen MR) is 230 cm³/mol. The standard InChI is InChI=1S/C51H30N4O2/c1-2-10-31(11-3-1)33-20-25-41-42-27-22-35(30-48(42)57-46(41)28-33)51-53-49(52-50(54-51)34-21-26-40-39-14-6-9-17-45(39)56-47(40)29-34)32-18-23-36(24-19-32)55-43-15-7-4-12-37(43)38-13-5-8-16-44(38)55/h1-30H. The third-order valence-electron chi connectivity index (χ3n) is 11.1. The lowest BCUT2D eigenvalue weighted by molar-refractivity contribution is 0.669. The zero-order valence-electron chi connectivity index (χ0n) is 30.4. The molecule has 12 rings (SSSR count). The molecule has 0 saturated heterocycles. The summed E-state index contributed by atoms with van der Waals surface area (Å²) in [5.74, 6) is 1.69. The summed E-state index contributed by atoms with van der Waals surface area (Å²) in [7, 11) is 0. The van der Waals surface area contributed by atoms with Crippen LogP contribution in [0.1, 0.15) is 0 Å². The van der Waals surface area contributed by atoms with Gasteiger partial charge in [-0.2, -0.15) is 0 Å². The summed E-state index contributed by atoms with van der Waals surface area (Å²) >= 11 is 0. The van der Waals surface area contributed by atoms with E-state index in [0.717, 1.165) is 88.4 Å². The van der Waals surface area contributed by atoms with Crippen LogP contribution >= 0.6 is 0 Å². The van der Waals surface area contributed by atoms with E-state index in [-0.39, 0.29) is 0 Å². The summed E-state index contributed by atoms with van der Waals surface area (Å²) in [5.41, 5.74) is 11.4. The molecule has 57 heavy (non-hydrogen) atoms. The molecule has 0 fully saturated rings. The average Bonchev–Trinajstić information content (AvgIpc) is 3.95. The third kappa shape index (κ3) is 5.08. The van der Waals surface area contributed by atoms with Crippen molar-refractivity contribution in [2.75, 3.05) is 0 Å². The lowest BCUT2D eigenvalue weighted by Gasteiger charge is -2.11. The lowest BCUT2D eigenvalue weighted by Crippen LogP contribution is -2.00. The van der Waals surface area contributed by atoms with Crippen molar-refractivity contribution in [1.29, 1.82) is 0 Å². The van der Waals surface area contributed by atoms with Gasteiger partial charge in [0.1, 0.15) is 22.3 Å². The van der Waals surface area contributed by atoms with Gasteiger partial charge in [-0.1, -0.05) is 103 Å². The van der Waals surface area contributed by atoms with Gasteiger partial charge in [0.05, 0.1) is 11.0 Å². The van der Waals surface area contributed by atoms with Gasteiger partial charge in [-0.15, -0.1) is 0 Å². The number of furan rings is 2. The fraction of sp³-hybridized carbons (Fsp3) is 0. The van der Waals surface area contributed by atoms with Crippen molar-refractivity contribution in [2.24, 2.45) is 0 Å². The highest BCUT2D eigenvalue weighted by Gasteiger charge is 2.18. The van der Waals surface area contributed by atoms with E-state index in [1.807, 2.05) is 36.4 Å². The number of nitrogens with zero attached hydrogens (tertiary/aromatic N) is 4. The molecule has 6 heteroatoms. The number of aromatic nitrogens is 4. The van der Waals surface area contributed by atoms with Crippen LogP contribution in [0.4, 0.5) is 0 Å². The summed E-state index contributed by atoms with van der Waals surface area (Å²) in [6.07, 6.45) is 0. The first-order valence-corrected chi connectivity index (χ1v) is 19.0. The van der Waals surface area contributed by atoms with Crippen LogP contribution in [0.25, 0.3) is 117 Å². The number of hydrogen-bond acceptors (Lipinski definition) is 5. The predicted octanol–water partition coefficient (Wildman–Crippen LogP) is 13.4. The molecule has 0 unspecified atom stereocenters. The number of para-hydroxylation sites is 3. The Bertz CT molecular complexity index is 3470. The molecule has 4 heterocycles. The first kappa shape index (κ1) is 31.5. The third-order valence-corrected chi connectivity index (χ3v) is 11.1. The second-order valence-electron chi connectivity index (χ2n) is 14.4. The Morgan fingerprint density at radius 3 is 1.32 bits per heavy atom. The molecular formula is C51H30N4O2. The van der Waals surface area contributed by atoms with Crippen molar-refractivity contribution in [3.63, 3.8) is 0 Å². The van der Waals surface area contributed by atoms with Crippen molar-refractivity contribution in [1.82, 2.24) is 19.5 Å². The Hall–Kier alpha value is -7.83. The Morgan fingerprint density at radius 2 is 0.719 bits per heavy atom. The average molecular weight is 731 g/mol. The molecule has 0 bridgehead atoms. The topological polar surface area (TPSA) is 69.9 Å². The van der Waals surface area contributed by atoms with E-state index in [4.69, 9.17) is 23.8 Å². The lowest BCUT2D eigenvalue weighted by atomic mass is 10.0. The van der Waals surface area contributed by atoms with Gasteiger partial charge in [0.25, 0.3) is 0 Å². The molecule has 0 radical (unpaired) electrons. The van der Waals surface area contributed by atoms with Crippen LogP contribution in [0.3, 0.4) is 0 Å². The van der Waals surface area contributed by atoms with Crippen LogP contribution < -0.4 is 0 Å². The van der Waals surface area contributed by atoms with Crippen molar-refractivity contribution in [3.8, 4) is 51.0 Å². The first-order valence-electron chi connectivity index (χ1n) is 19.0. The highest BCUT2D eigenvalue weighted by Crippen LogP contribution is 2.37. The summed E-state index contributed by atoms with van der Waals surface area (Å²) in [6.45, 7) is 0. The highest BCUT2D eigenvalue weighted by molar-refractivity contribution is 6.10. The van der Waals surface area contributed by atoms with E-state index in [1.165, 1.54) is 10.8 Å². The normalized spacial score (nSPS) is 11.9. The SMILES string of the molecule is c1ccc(-c2ccc3c(c2)oc2cc(-c4nc(-c5ccc(-n6c7ccccc7c7ccccc76)cc5)nc(-c5ccc6c(c5)oc5ccccc56)n4)ccc23)cc1. The minimum Gasteiger partial charge on any atom is -0.456 e. The quantitative estimate of drug-likeness (QED) is 0.176. The van der Waals surface area contributed by atoms with Crippen LogP contribution in [0.5, 0.6) is 0 Å². The molecule has 0 atom stereocenters. The Morgan fingerprint density at radius 1 is 0.298 bits per heavy atom. The largest absolute Gasteiger partial charge is 0.456 e. The number of hydrogen-bond donors (Lipinski definition) is 0. The highest BCUT2D eigenvalue weighted by atomic mass is 16.3. The van der Waals surface area contributed by atoms with E-state index in [9.17, 15) is 0 Å². The molecule has 6 nitrogen and oxygen atoms in total. The van der Waals surface area contributed by atoms with Gasteiger partial charge in [0, 0.05) is 54.7 Å². The van der Waals surface area contributed by atoms with Gasteiger partial charge in [-0.25, -0.2) is 15.0 Å². The minimum atomic E-state index is 0.554. The minimum absolute atomic E-state index is 0.554. The van der Waals surface area contributed by atoms with Crippen LogP contribution in [0, 0.1) is 0 Å². The molecule has 266 valence electrons. The summed E-state index contributed by atoms with van der Waals surface area (Å²) in [6, 6.07) is 62.8. The molecule has 8 aromatic carbocycles. The fourth-order valence-electron chi connectivity index (χ4n) is 8.31. The number of rotatable bonds is 5. The van der Waals surface area contributed by atoms with Crippen LogP contribution in [-0.2, 0) is 0 Å². The first-order chi connectivity index (χ1) is 28.2. The van der Waals surface area contributed by atoms with Crippen LogP contribution in [-0.4, -0.2) is 19.5 Å². The maximum absolute atomic E-state index is 6.51. The molecule has 0 amide bonds.